The first kappa shape index (κ1) is 22.5. The zero-order valence-electron chi connectivity index (χ0n) is 18.0. The fourth-order valence-electron chi connectivity index (χ4n) is 3.58. The van der Waals surface area contributed by atoms with Gasteiger partial charge in [-0.3, -0.25) is 9.59 Å². The van der Waals surface area contributed by atoms with Crippen molar-refractivity contribution in [3.8, 4) is 5.75 Å². The van der Waals surface area contributed by atoms with E-state index in [4.69, 9.17) is 4.74 Å². The van der Waals surface area contributed by atoms with Crippen molar-refractivity contribution in [2.45, 2.75) is 51.8 Å². The monoisotopic (exact) mass is 424 g/mol. The Balaban J connectivity index is 1.81. The molecule has 0 radical (unpaired) electrons. The van der Waals surface area contributed by atoms with Crippen LogP contribution in [0.3, 0.4) is 0 Å². The minimum Gasteiger partial charge on any atom is -0.491 e. The van der Waals surface area contributed by atoms with Crippen LogP contribution in [0.25, 0.3) is 6.08 Å². The number of carbonyl (C=O) groups is 2. The Morgan fingerprint density at radius 3 is 2.71 bits per heavy atom. The number of carbonyl (C=O) groups excluding carboxylic acids is 2. The number of benzene rings is 2. The highest BCUT2D eigenvalue weighted by Crippen LogP contribution is 2.20. The number of hydrogen-bond acceptors (Lipinski definition) is 3. The van der Waals surface area contributed by atoms with E-state index < -0.39 is 6.04 Å². The molecular weight excluding hydrogens is 395 g/mol. The first-order valence-corrected chi connectivity index (χ1v) is 10.7. The average molecular weight is 425 g/mol. The summed E-state index contributed by atoms with van der Waals surface area (Å²) in [5.41, 5.74) is 1.49. The predicted molar refractivity (Wildman–Crippen MR) is 119 cm³/mol. The van der Waals surface area contributed by atoms with Gasteiger partial charge in [-0.1, -0.05) is 24.3 Å². The summed E-state index contributed by atoms with van der Waals surface area (Å²) < 4.78 is 19.1. The highest BCUT2D eigenvalue weighted by molar-refractivity contribution is 5.95. The van der Waals surface area contributed by atoms with Crippen molar-refractivity contribution in [3.05, 3.63) is 71.6 Å². The van der Waals surface area contributed by atoms with Gasteiger partial charge in [0.2, 0.25) is 11.8 Å². The molecule has 1 aliphatic heterocycles. The molecule has 1 saturated heterocycles. The van der Waals surface area contributed by atoms with Gasteiger partial charge >= 0.3 is 0 Å². The summed E-state index contributed by atoms with van der Waals surface area (Å²) in [7, 11) is 0. The second-order valence-corrected chi connectivity index (χ2v) is 7.97. The maximum Gasteiger partial charge on any atom is 0.247 e. The molecule has 2 aromatic rings. The van der Waals surface area contributed by atoms with Gasteiger partial charge in [-0.2, -0.15) is 0 Å². The van der Waals surface area contributed by atoms with Gasteiger partial charge in [-0.05, 0) is 74.6 Å². The van der Waals surface area contributed by atoms with E-state index in [1.54, 1.807) is 23.1 Å². The number of nitrogens with zero attached hydrogens (tertiary/aromatic N) is 1. The lowest BCUT2D eigenvalue weighted by molar-refractivity contribution is -0.137. The fraction of sp³-hybridized carbons (Fsp3) is 0.360. The van der Waals surface area contributed by atoms with Gasteiger partial charge in [0.25, 0.3) is 0 Å². The largest absolute Gasteiger partial charge is 0.491 e. The summed E-state index contributed by atoms with van der Waals surface area (Å²) in [6.07, 6.45) is 5.43. The van der Waals surface area contributed by atoms with Gasteiger partial charge in [0.15, 0.2) is 0 Å². The van der Waals surface area contributed by atoms with E-state index in [-0.39, 0.29) is 23.7 Å². The quantitative estimate of drug-likeness (QED) is 0.674. The molecule has 0 aromatic heterocycles. The summed E-state index contributed by atoms with van der Waals surface area (Å²) in [5, 5.41) is 2.90. The molecule has 0 saturated carbocycles. The standard InChI is InChI=1S/C25H29FN2O3/c1-18(2)31-22-12-9-20(10-13-22)17-28(23-8-3-4-15-27-25(23)30)24(29)14-11-19-6-5-7-21(26)16-19/h5-7,9-14,16,18,23H,3-4,8,15,17H2,1-2H3,(H,27,30)/b14-11+/t23-/m0/s1. The zero-order valence-corrected chi connectivity index (χ0v) is 18.0. The van der Waals surface area contributed by atoms with E-state index in [9.17, 15) is 14.0 Å². The lowest BCUT2D eigenvalue weighted by Gasteiger charge is -2.29. The molecule has 3 rings (SSSR count). The number of halogens is 1. The highest BCUT2D eigenvalue weighted by atomic mass is 19.1. The van der Waals surface area contributed by atoms with E-state index >= 15 is 0 Å². The summed E-state index contributed by atoms with van der Waals surface area (Å²) in [4.78, 5) is 27.4. The van der Waals surface area contributed by atoms with Crippen LogP contribution < -0.4 is 10.1 Å². The Labute approximate surface area is 182 Å². The zero-order chi connectivity index (χ0) is 22.2. The number of ether oxygens (including phenoxy) is 1. The first-order valence-electron chi connectivity index (χ1n) is 10.7. The molecule has 1 aliphatic rings. The minimum absolute atomic E-state index is 0.0755. The molecule has 0 aliphatic carbocycles. The van der Waals surface area contributed by atoms with Crippen molar-refractivity contribution in [2.75, 3.05) is 6.54 Å². The van der Waals surface area contributed by atoms with Crippen LogP contribution in [0.15, 0.2) is 54.6 Å². The van der Waals surface area contributed by atoms with Crippen LogP contribution in [0.5, 0.6) is 5.75 Å². The average Bonchev–Trinajstić information content (AvgIpc) is 2.95. The lowest BCUT2D eigenvalue weighted by Crippen LogP contribution is -2.47. The van der Waals surface area contributed by atoms with Crippen molar-refractivity contribution in [3.63, 3.8) is 0 Å². The van der Waals surface area contributed by atoms with Gasteiger partial charge in [0.05, 0.1) is 6.10 Å². The van der Waals surface area contributed by atoms with Gasteiger partial charge in [-0.15, -0.1) is 0 Å². The summed E-state index contributed by atoms with van der Waals surface area (Å²) in [6, 6.07) is 13.0. The Hall–Kier alpha value is -3.15. The van der Waals surface area contributed by atoms with E-state index in [1.807, 2.05) is 38.1 Å². The highest BCUT2D eigenvalue weighted by Gasteiger charge is 2.29. The number of rotatable bonds is 7. The van der Waals surface area contributed by atoms with Crippen LogP contribution in [-0.2, 0) is 16.1 Å². The van der Waals surface area contributed by atoms with Crippen LogP contribution in [-0.4, -0.2) is 35.4 Å². The van der Waals surface area contributed by atoms with Gasteiger partial charge in [0, 0.05) is 19.2 Å². The molecule has 0 unspecified atom stereocenters. The van der Waals surface area contributed by atoms with Crippen LogP contribution in [0.2, 0.25) is 0 Å². The summed E-state index contributed by atoms with van der Waals surface area (Å²) >= 11 is 0. The number of amides is 2. The molecule has 164 valence electrons. The molecule has 1 fully saturated rings. The molecule has 0 spiro atoms. The number of hydrogen-bond donors (Lipinski definition) is 1. The topological polar surface area (TPSA) is 58.6 Å². The smallest absolute Gasteiger partial charge is 0.247 e. The van der Waals surface area contributed by atoms with Crippen molar-refractivity contribution >= 4 is 17.9 Å². The molecule has 0 bridgehead atoms. The molecular formula is C25H29FN2O3. The van der Waals surface area contributed by atoms with E-state index in [2.05, 4.69) is 5.32 Å². The Bertz CT molecular complexity index is 925. The van der Waals surface area contributed by atoms with Crippen LogP contribution in [0.1, 0.15) is 44.2 Å². The Kier molecular flexibility index (Phi) is 7.82. The summed E-state index contributed by atoms with van der Waals surface area (Å²) in [6.45, 7) is 4.85. The lowest BCUT2D eigenvalue weighted by atomic mass is 10.1. The third-order valence-electron chi connectivity index (χ3n) is 5.08. The summed E-state index contributed by atoms with van der Waals surface area (Å²) in [5.74, 6) is -0.0215. The van der Waals surface area contributed by atoms with Crippen molar-refractivity contribution in [2.24, 2.45) is 0 Å². The molecule has 2 amide bonds. The maximum absolute atomic E-state index is 13.4. The van der Waals surface area contributed by atoms with E-state index in [0.717, 1.165) is 24.2 Å². The van der Waals surface area contributed by atoms with Crippen molar-refractivity contribution in [1.29, 1.82) is 0 Å². The molecule has 2 aromatic carbocycles. The number of nitrogens with one attached hydrogen (secondary N) is 1. The van der Waals surface area contributed by atoms with Crippen LogP contribution in [0.4, 0.5) is 4.39 Å². The van der Waals surface area contributed by atoms with Crippen molar-refractivity contribution in [1.82, 2.24) is 10.2 Å². The van der Waals surface area contributed by atoms with Gasteiger partial charge in [-0.25, -0.2) is 4.39 Å². The van der Waals surface area contributed by atoms with Crippen LogP contribution in [0, 0.1) is 5.82 Å². The Morgan fingerprint density at radius 2 is 2.00 bits per heavy atom. The third kappa shape index (κ3) is 6.67. The third-order valence-corrected chi connectivity index (χ3v) is 5.08. The Morgan fingerprint density at radius 1 is 1.23 bits per heavy atom. The second-order valence-electron chi connectivity index (χ2n) is 7.97. The molecule has 1 heterocycles. The molecule has 31 heavy (non-hydrogen) atoms. The van der Waals surface area contributed by atoms with Gasteiger partial charge < -0.3 is 15.0 Å². The van der Waals surface area contributed by atoms with Crippen LogP contribution >= 0.6 is 0 Å². The molecule has 1 N–H and O–H groups in total. The van der Waals surface area contributed by atoms with E-state index in [0.29, 0.717) is 25.1 Å². The van der Waals surface area contributed by atoms with E-state index in [1.165, 1.54) is 18.2 Å². The fourth-order valence-corrected chi connectivity index (χ4v) is 3.58. The molecule has 5 nitrogen and oxygen atoms in total. The molecule has 6 heteroatoms. The maximum atomic E-state index is 13.4. The minimum atomic E-state index is -0.543. The normalized spacial score (nSPS) is 16.8. The first-order chi connectivity index (χ1) is 14.9. The van der Waals surface area contributed by atoms with Gasteiger partial charge in [0.1, 0.15) is 17.6 Å². The predicted octanol–water partition coefficient (Wildman–Crippen LogP) is 4.32. The molecule has 1 atom stereocenters. The second kappa shape index (κ2) is 10.8. The van der Waals surface area contributed by atoms with Crippen molar-refractivity contribution < 1.29 is 18.7 Å². The SMILES string of the molecule is CC(C)Oc1ccc(CN(C(=O)/C=C/c2cccc(F)c2)[C@H]2CCCCNC2=O)cc1.